The lowest BCUT2D eigenvalue weighted by atomic mass is 10.3. The summed E-state index contributed by atoms with van der Waals surface area (Å²) in [5, 5.41) is 12.2. The molecule has 2 rings (SSSR count). The first-order valence-electron chi connectivity index (χ1n) is 5.01. The fourth-order valence-electron chi connectivity index (χ4n) is 1.35. The lowest BCUT2D eigenvalue weighted by molar-refractivity contribution is 0.827. The highest BCUT2D eigenvalue weighted by atomic mass is 35.5. The van der Waals surface area contributed by atoms with Crippen LogP contribution in [-0.2, 0) is 0 Å². The summed E-state index contributed by atoms with van der Waals surface area (Å²) in [7, 11) is 0. The minimum Gasteiger partial charge on any atom is -0.357 e. The van der Waals surface area contributed by atoms with Gasteiger partial charge in [-0.25, -0.2) is 0 Å². The molecule has 17 heavy (non-hydrogen) atoms. The van der Waals surface area contributed by atoms with Gasteiger partial charge in [-0.1, -0.05) is 29.0 Å². The number of rotatable bonds is 2. The maximum absolute atomic E-state index is 5.87. The number of hydrogen-bond acceptors (Lipinski definition) is 3. The summed E-state index contributed by atoms with van der Waals surface area (Å²) >= 11 is 11.1. The zero-order valence-corrected chi connectivity index (χ0v) is 10.8. The molecule has 0 saturated carbocycles. The second-order valence-corrected chi connectivity index (χ2v) is 4.57. The Bertz CT molecular complexity index is 590. The maximum atomic E-state index is 5.87. The summed E-state index contributed by atoms with van der Waals surface area (Å²) in [5.41, 5.74) is 2.55. The van der Waals surface area contributed by atoms with Gasteiger partial charge in [0.1, 0.15) is 5.52 Å². The standard InChI is InChI=1S/C11H11ClN4S/c1-7(2)6-13-11(17)16-10-4-3-8(12)5-9(10)14-15-16/h3-5H,1,6H2,2H3,(H,13,17). The number of thiocarbonyl (C=S) groups is 1. The molecule has 1 aromatic carbocycles. The molecule has 0 aliphatic rings. The van der Waals surface area contributed by atoms with Gasteiger partial charge in [0.15, 0.2) is 5.11 Å². The smallest absolute Gasteiger partial charge is 0.196 e. The molecule has 4 nitrogen and oxygen atoms in total. The Morgan fingerprint density at radius 2 is 2.35 bits per heavy atom. The van der Waals surface area contributed by atoms with E-state index in [1.165, 1.54) is 0 Å². The van der Waals surface area contributed by atoms with E-state index in [1.54, 1.807) is 16.8 Å². The van der Waals surface area contributed by atoms with E-state index in [0.29, 0.717) is 16.7 Å². The molecule has 6 heteroatoms. The van der Waals surface area contributed by atoms with Gasteiger partial charge in [-0.05, 0) is 37.3 Å². The van der Waals surface area contributed by atoms with Crippen LogP contribution in [0.5, 0.6) is 0 Å². The molecule has 88 valence electrons. The van der Waals surface area contributed by atoms with E-state index in [-0.39, 0.29) is 0 Å². The summed E-state index contributed by atoms with van der Waals surface area (Å²) in [6.45, 7) is 6.34. The maximum Gasteiger partial charge on any atom is 0.196 e. The van der Waals surface area contributed by atoms with Gasteiger partial charge in [0.25, 0.3) is 0 Å². The molecule has 0 radical (unpaired) electrons. The highest BCUT2D eigenvalue weighted by Crippen LogP contribution is 2.16. The Morgan fingerprint density at radius 3 is 3.06 bits per heavy atom. The number of aromatic nitrogens is 3. The molecule has 2 aromatic rings. The Labute approximate surface area is 109 Å². The molecule has 0 spiro atoms. The minimum atomic E-state index is 0.498. The van der Waals surface area contributed by atoms with Gasteiger partial charge in [-0.2, -0.15) is 4.68 Å². The van der Waals surface area contributed by atoms with Crippen molar-refractivity contribution in [2.45, 2.75) is 6.92 Å². The zero-order chi connectivity index (χ0) is 12.4. The highest BCUT2D eigenvalue weighted by Gasteiger charge is 2.08. The van der Waals surface area contributed by atoms with Crippen LogP contribution < -0.4 is 5.32 Å². The molecule has 0 unspecified atom stereocenters. The first-order chi connectivity index (χ1) is 8.08. The quantitative estimate of drug-likeness (QED) is 0.670. The Kier molecular flexibility index (Phi) is 3.40. The average Bonchev–Trinajstić information content (AvgIpc) is 2.68. The van der Waals surface area contributed by atoms with Crippen molar-refractivity contribution in [1.29, 1.82) is 0 Å². The number of nitrogens with zero attached hydrogens (tertiary/aromatic N) is 3. The molecule has 0 aliphatic heterocycles. The van der Waals surface area contributed by atoms with Crippen LogP contribution in [0.2, 0.25) is 5.02 Å². The van der Waals surface area contributed by atoms with Gasteiger partial charge < -0.3 is 5.32 Å². The van der Waals surface area contributed by atoms with E-state index >= 15 is 0 Å². The monoisotopic (exact) mass is 266 g/mol. The molecule has 1 aromatic heterocycles. The van der Waals surface area contributed by atoms with Gasteiger partial charge in [0.05, 0.1) is 5.52 Å². The molecule has 0 bridgehead atoms. The zero-order valence-electron chi connectivity index (χ0n) is 9.27. The number of nitrogens with one attached hydrogen (secondary N) is 1. The number of halogens is 1. The van der Waals surface area contributed by atoms with Crippen molar-refractivity contribution in [3.8, 4) is 0 Å². The van der Waals surface area contributed by atoms with Crippen LogP contribution in [0.15, 0.2) is 30.4 Å². The number of fused-ring (bicyclic) bond motifs is 1. The van der Waals surface area contributed by atoms with Crippen molar-refractivity contribution in [2.24, 2.45) is 0 Å². The molecule has 0 aliphatic carbocycles. The Balaban J connectivity index is 2.29. The van der Waals surface area contributed by atoms with E-state index in [1.807, 2.05) is 13.0 Å². The lowest BCUT2D eigenvalue weighted by Gasteiger charge is -2.07. The summed E-state index contributed by atoms with van der Waals surface area (Å²) in [6.07, 6.45) is 0. The summed E-state index contributed by atoms with van der Waals surface area (Å²) in [5.74, 6) is 0. The van der Waals surface area contributed by atoms with Crippen LogP contribution in [0.25, 0.3) is 11.0 Å². The largest absolute Gasteiger partial charge is 0.357 e. The predicted molar refractivity (Wildman–Crippen MR) is 73.4 cm³/mol. The van der Waals surface area contributed by atoms with Crippen LogP contribution >= 0.6 is 23.8 Å². The average molecular weight is 267 g/mol. The summed E-state index contributed by atoms with van der Waals surface area (Å²) in [4.78, 5) is 0. The van der Waals surface area contributed by atoms with E-state index in [0.717, 1.165) is 16.6 Å². The van der Waals surface area contributed by atoms with Crippen LogP contribution in [0.1, 0.15) is 6.92 Å². The van der Waals surface area contributed by atoms with Crippen LogP contribution in [0.4, 0.5) is 0 Å². The number of hydrogen-bond donors (Lipinski definition) is 1. The first-order valence-corrected chi connectivity index (χ1v) is 5.80. The third-order valence-electron chi connectivity index (χ3n) is 2.14. The van der Waals surface area contributed by atoms with Crippen molar-refractivity contribution in [3.05, 3.63) is 35.4 Å². The van der Waals surface area contributed by atoms with E-state index < -0.39 is 0 Å². The molecule has 1 heterocycles. The van der Waals surface area contributed by atoms with Crippen molar-refractivity contribution < 1.29 is 0 Å². The molecule has 1 N–H and O–H groups in total. The Hall–Kier alpha value is -1.46. The molecule has 0 fully saturated rings. The fourth-order valence-corrected chi connectivity index (χ4v) is 1.72. The molecular formula is C11H11ClN4S. The topological polar surface area (TPSA) is 42.7 Å². The first kappa shape index (κ1) is 12.0. The van der Waals surface area contributed by atoms with Crippen LogP contribution in [-0.4, -0.2) is 26.7 Å². The molecule has 0 amide bonds. The second kappa shape index (κ2) is 4.81. The van der Waals surface area contributed by atoms with E-state index in [4.69, 9.17) is 23.8 Å². The minimum absolute atomic E-state index is 0.498. The molecule has 0 atom stereocenters. The van der Waals surface area contributed by atoms with Crippen molar-refractivity contribution in [3.63, 3.8) is 0 Å². The SMILES string of the molecule is C=C(C)CNC(=S)n1nnc2cc(Cl)ccc21. The van der Waals surface area contributed by atoms with Crippen molar-refractivity contribution in [2.75, 3.05) is 6.54 Å². The predicted octanol–water partition coefficient (Wildman–Crippen LogP) is 2.38. The van der Waals surface area contributed by atoms with Crippen molar-refractivity contribution in [1.82, 2.24) is 20.3 Å². The third kappa shape index (κ3) is 2.62. The number of benzene rings is 1. The van der Waals surface area contributed by atoms with Gasteiger partial charge in [0, 0.05) is 11.6 Å². The van der Waals surface area contributed by atoms with Crippen molar-refractivity contribution >= 4 is 40.0 Å². The summed E-state index contributed by atoms with van der Waals surface area (Å²) in [6, 6.07) is 5.37. The fraction of sp³-hybridized carbons (Fsp3) is 0.182. The van der Waals surface area contributed by atoms with Crippen LogP contribution in [0.3, 0.4) is 0 Å². The molecular weight excluding hydrogens is 256 g/mol. The van der Waals surface area contributed by atoms with E-state index in [2.05, 4.69) is 22.2 Å². The lowest BCUT2D eigenvalue weighted by Crippen LogP contribution is -2.30. The van der Waals surface area contributed by atoms with E-state index in [9.17, 15) is 0 Å². The summed E-state index contributed by atoms with van der Waals surface area (Å²) < 4.78 is 1.57. The van der Waals surface area contributed by atoms with Gasteiger partial charge in [0.2, 0.25) is 0 Å². The molecule has 0 saturated heterocycles. The van der Waals surface area contributed by atoms with Gasteiger partial charge >= 0.3 is 0 Å². The second-order valence-electron chi connectivity index (χ2n) is 3.75. The Morgan fingerprint density at radius 1 is 1.59 bits per heavy atom. The van der Waals surface area contributed by atoms with Crippen LogP contribution in [0, 0.1) is 0 Å². The third-order valence-corrected chi connectivity index (χ3v) is 2.69. The normalized spacial score (nSPS) is 10.5. The highest BCUT2D eigenvalue weighted by molar-refractivity contribution is 7.80. The van der Waals surface area contributed by atoms with Gasteiger partial charge in [-0.3, -0.25) is 0 Å². The van der Waals surface area contributed by atoms with Gasteiger partial charge in [-0.15, -0.1) is 5.10 Å².